The number of methoxy groups -OCH3 is 1. The van der Waals surface area contributed by atoms with Gasteiger partial charge in [0.2, 0.25) is 17.9 Å². The number of fused-ring (bicyclic) bond motifs is 5. The normalized spacial score (nSPS) is 41.6. The van der Waals surface area contributed by atoms with E-state index in [-0.39, 0.29) is 23.3 Å². The van der Waals surface area contributed by atoms with E-state index >= 15 is 0 Å². The number of esters is 1. The first-order valence-electron chi connectivity index (χ1n) is 11.4. The lowest BCUT2D eigenvalue weighted by atomic mass is 9.48. The van der Waals surface area contributed by atoms with Crippen LogP contribution < -0.4 is 10.6 Å². The number of hydrogen-bond donors (Lipinski definition) is 2. The minimum atomic E-state index is -4.91. The molecule has 178 valence electrons. The molecule has 0 aromatic rings. The summed E-state index contributed by atoms with van der Waals surface area (Å²) in [6.45, 7) is 4.22. The molecule has 3 saturated carbocycles. The highest BCUT2D eigenvalue weighted by Gasteiger charge is 2.61. The molecule has 8 atom stereocenters. The van der Waals surface area contributed by atoms with Crippen LogP contribution in [0, 0.1) is 34.5 Å². The van der Waals surface area contributed by atoms with Crippen LogP contribution in [0.1, 0.15) is 52.4 Å². The zero-order chi connectivity index (χ0) is 23.5. The van der Waals surface area contributed by atoms with E-state index in [0.29, 0.717) is 18.3 Å². The van der Waals surface area contributed by atoms with Crippen LogP contribution in [0.15, 0.2) is 12.2 Å². The van der Waals surface area contributed by atoms with Crippen molar-refractivity contribution in [3.05, 3.63) is 12.2 Å². The quantitative estimate of drug-likeness (QED) is 0.639. The highest BCUT2D eigenvalue weighted by molar-refractivity contribution is 5.89. The number of carbonyl (C=O) groups is 3. The van der Waals surface area contributed by atoms with Crippen molar-refractivity contribution in [3.63, 3.8) is 0 Å². The van der Waals surface area contributed by atoms with Crippen LogP contribution in [0.5, 0.6) is 0 Å². The molecule has 1 aliphatic heterocycles. The van der Waals surface area contributed by atoms with Crippen LogP contribution in [0.2, 0.25) is 0 Å². The average Bonchev–Trinajstić information content (AvgIpc) is 3.08. The summed E-state index contributed by atoms with van der Waals surface area (Å²) >= 11 is 0. The van der Waals surface area contributed by atoms with Crippen LogP contribution in [0.25, 0.3) is 0 Å². The molecule has 3 aliphatic carbocycles. The third kappa shape index (κ3) is 3.52. The van der Waals surface area contributed by atoms with Crippen molar-refractivity contribution in [2.45, 2.75) is 70.6 Å². The van der Waals surface area contributed by atoms with Gasteiger partial charge in [0.25, 0.3) is 0 Å². The van der Waals surface area contributed by atoms with E-state index in [0.717, 1.165) is 39.2 Å². The highest BCUT2D eigenvalue weighted by Crippen LogP contribution is 2.65. The summed E-state index contributed by atoms with van der Waals surface area (Å²) in [6, 6.07) is -2.55. The number of alkyl halides is 3. The van der Waals surface area contributed by atoms with Gasteiger partial charge in [0, 0.05) is 17.4 Å². The maximum Gasteiger partial charge on any atom is 0.419 e. The zero-order valence-corrected chi connectivity index (χ0v) is 18.6. The van der Waals surface area contributed by atoms with Gasteiger partial charge in [-0.2, -0.15) is 13.2 Å². The molecule has 0 aromatic heterocycles. The first kappa shape index (κ1) is 23.1. The SMILES string of the molecule is COC(=O)C(NC(=O)[C@H]1CC[C@H]2[C@@H]3CC[C@H]4NC(=O)C=C[C@]4(C)[C@H]3CC[C@]12C)C(F)(F)F. The van der Waals surface area contributed by atoms with E-state index in [2.05, 4.69) is 17.0 Å². The van der Waals surface area contributed by atoms with Crippen LogP contribution in [0.3, 0.4) is 0 Å². The van der Waals surface area contributed by atoms with Crippen LogP contribution >= 0.6 is 0 Å². The van der Waals surface area contributed by atoms with Crippen molar-refractivity contribution in [3.8, 4) is 0 Å². The third-order valence-electron chi connectivity index (χ3n) is 9.05. The van der Waals surface area contributed by atoms with Gasteiger partial charge in [-0.05, 0) is 67.8 Å². The molecule has 0 saturated heterocycles. The molecule has 32 heavy (non-hydrogen) atoms. The fourth-order valence-corrected chi connectivity index (χ4v) is 7.40. The van der Waals surface area contributed by atoms with E-state index in [9.17, 15) is 27.6 Å². The summed E-state index contributed by atoms with van der Waals surface area (Å²) in [4.78, 5) is 36.5. The Hall–Kier alpha value is -2.06. The standard InChI is InChI=1S/C23H31F3N2O4/c1-21-10-8-14-12(4-7-16-22(14,2)11-9-17(29)27-16)13(21)5-6-15(21)19(30)28-18(20(31)32-3)23(24,25)26/h9,11-16,18H,4-8,10H2,1-3H3,(H,27,29)(H,28,30)/t12-,13-,14-,15+,16+,18?,21-,22+/m0/s1. The zero-order valence-electron chi connectivity index (χ0n) is 18.6. The van der Waals surface area contributed by atoms with E-state index in [1.807, 2.05) is 18.3 Å². The smallest absolute Gasteiger partial charge is 0.419 e. The molecule has 2 amide bonds. The molecule has 2 N–H and O–H groups in total. The minimum absolute atomic E-state index is 0.0611. The predicted molar refractivity (Wildman–Crippen MR) is 109 cm³/mol. The summed E-state index contributed by atoms with van der Waals surface area (Å²) in [5.41, 5.74) is -0.562. The maximum atomic E-state index is 13.3. The van der Waals surface area contributed by atoms with Gasteiger partial charge in [0.05, 0.1) is 7.11 Å². The molecule has 1 heterocycles. The van der Waals surface area contributed by atoms with E-state index in [4.69, 9.17) is 0 Å². The number of halogens is 3. The number of nitrogens with one attached hydrogen (secondary N) is 2. The lowest BCUT2D eigenvalue weighted by Gasteiger charge is -2.58. The Morgan fingerprint density at radius 3 is 2.53 bits per heavy atom. The molecule has 1 unspecified atom stereocenters. The van der Waals surface area contributed by atoms with Crippen LogP contribution in [0.4, 0.5) is 13.2 Å². The Morgan fingerprint density at radius 2 is 1.88 bits per heavy atom. The van der Waals surface area contributed by atoms with Crippen molar-refractivity contribution in [1.29, 1.82) is 0 Å². The molecule has 3 fully saturated rings. The first-order chi connectivity index (χ1) is 14.9. The van der Waals surface area contributed by atoms with Crippen molar-refractivity contribution in [2.75, 3.05) is 7.11 Å². The van der Waals surface area contributed by atoms with Crippen molar-refractivity contribution in [1.82, 2.24) is 10.6 Å². The second-order valence-electron chi connectivity index (χ2n) is 10.4. The number of hydrogen-bond acceptors (Lipinski definition) is 4. The molecule has 0 aromatic carbocycles. The molecule has 6 nitrogen and oxygen atoms in total. The second-order valence-corrected chi connectivity index (χ2v) is 10.4. The van der Waals surface area contributed by atoms with Gasteiger partial charge in [-0.15, -0.1) is 0 Å². The number of amides is 2. The summed E-state index contributed by atoms with van der Waals surface area (Å²) in [5.74, 6) is -1.92. The van der Waals surface area contributed by atoms with Gasteiger partial charge in [-0.3, -0.25) is 9.59 Å². The number of carbonyl (C=O) groups excluding carboxylic acids is 3. The highest BCUT2D eigenvalue weighted by atomic mass is 19.4. The summed E-state index contributed by atoms with van der Waals surface area (Å²) in [5, 5.41) is 5.04. The third-order valence-corrected chi connectivity index (χ3v) is 9.05. The van der Waals surface area contributed by atoms with Crippen LogP contribution in [-0.4, -0.2) is 43.2 Å². The Kier molecular flexibility index (Phi) is 5.61. The lowest BCUT2D eigenvalue weighted by molar-refractivity contribution is -0.185. The lowest BCUT2D eigenvalue weighted by Crippen LogP contribution is -2.60. The van der Waals surface area contributed by atoms with Gasteiger partial charge < -0.3 is 15.4 Å². The Balaban J connectivity index is 1.54. The van der Waals surface area contributed by atoms with E-state index in [1.54, 1.807) is 6.08 Å². The molecular weight excluding hydrogens is 425 g/mol. The molecule has 4 rings (SSSR count). The Bertz CT molecular complexity index is 844. The van der Waals surface area contributed by atoms with Crippen molar-refractivity contribution in [2.24, 2.45) is 34.5 Å². The largest absolute Gasteiger partial charge is 0.467 e. The molecule has 0 bridgehead atoms. The average molecular weight is 457 g/mol. The van der Waals surface area contributed by atoms with Crippen LogP contribution in [-0.2, 0) is 19.1 Å². The maximum absolute atomic E-state index is 13.3. The van der Waals surface area contributed by atoms with Gasteiger partial charge in [-0.25, -0.2) is 4.79 Å². The minimum Gasteiger partial charge on any atom is -0.467 e. The van der Waals surface area contributed by atoms with Gasteiger partial charge in [0.15, 0.2) is 0 Å². The van der Waals surface area contributed by atoms with Crippen molar-refractivity contribution < 1.29 is 32.3 Å². The Labute approximate surface area is 185 Å². The van der Waals surface area contributed by atoms with Crippen molar-refractivity contribution >= 4 is 17.8 Å². The molecule has 9 heteroatoms. The number of ether oxygens (including phenoxy) is 1. The Morgan fingerprint density at radius 1 is 1.16 bits per heavy atom. The first-order valence-corrected chi connectivity index (χ1v) is 11.4. The van der Waals surface area contributed by atoms with Gasteiger partial charge in [0.1, 0.15) is 0 Å². The fraction of sp³-hybridized carbons (Fsp3) is 0.783. The summed E-state index contributed by atoms with van der Waals surface area (Å²) in [7, 11) is 0.875. The number of rotatable bonds is 3. The van der Waals surface area contributed by atoms with Gasteiger partial charge in [-0.1, -0.05) is 19.9 Å². The fourth-order valence-electron chi connectivity index (χ4n) is 7.40. The monoisotopic (exact) mass is 456 g/mol. The van der Waals surface area contributed by atoms with E-state index in [1.165, 1.54) is 0 Å². The molecule has 0 radical (unpaired) electrons. The predicted octanol–water partition coefficient (Wildman–Crippen LogP) is 3.12. The summed E-state index contributed by atoms with van der Waals surface area (Å²) < 4.78 is 44.3. The molecule has 0 spiro atoms. The van der Waals surface area contributed by atoms with Gasteiger partial charge >= 0.3 is 12.1 Å². The molecular formula is C23H31F3N2O4. The summed E-state index contributed by atoms with van der Waals surface area (Å²) in [6.07, 6.45) is 3.41. The second kappa shape index (κ2) is 7.76. The molecule has 4 aliphatic rings. The topological polar surface area (TPSA) is 84.5 Å². The van der Waals surface area contributed by atoms with E-state index < -0.39 is 35.4 Å².